The third-order valence-corrected chi connectivity index (χ3v) is 5.88. The van der Waals surface area contributed by atoms with Gasteiger partial charge in [0.05, 0.1) is 30.3 Å². The summed E-state index contributed by atoms with van der Waals surface area (Å²) in [5.41, 5.74) is 0.925. The predicted octanol–water partition coefficient (Wildman–Crippen LogP) is 3.02. The Bertz CT molecular complexity index is 1020. The molecule has 1 atom stereocenters. The minimum Gasteiger partial charge on any atom is -0.497 e. The van der Waals surface area contributed by atoms with Gasteiger partial charge in [0, 0.05) is 12.6 Å². The molecule has 0 saturated carbocycles. The zero-order valence-electron chi connectivity index (χ0n) is 18.2. The first kappa shape index (κ1) is 24.2. The summed E-state index contributed by atoms with van der Waals surface area (Å²) in [6.07, 6.45) is 2.83. The molecule has 9 heteroatoms. The molecular formula is C22H29N3O5S. The summed E-state index contributed by atoms with van der Waals surface area (Å²) in [4.78, 5) is 25.5. The van der Waals surface area contributed by atoms with Crippen LogP contribution in [0.5, 0.6) is 5.75 Å². The van der Waals surface area contributed by atoms with E-state index in [4.69, 9.17) is 4.74 Å². The summed E-state index contributed by atoms with van der Waals surface area (Å²) >= 11 is 0. The molecule has 0 heterocycles. The van der Waals surface area contributed by atoms with Gasteiger partial charge in [0.2, 0.25) is 15.9 Å². The minimum atomic E-state index is -3.78. The highest BCUT2D eigenvalue weighted by Gasteiger charge is 2.30. The van der Waals surface area contributed by atoms with Crippen LogP contribution < -0.4 is 19.7 Å². The second-order valence-electron chi connectivity index (χ2n) is 7.08. The number of carbonyl (C=O) groups excluding carboxylic acids is 2. The average molecular weight is 448 g/mol. The Labute approximate surface area is 183 Å². The van der Waals surface area contributed by atoms with E-state index in [2.05, 4.69) is 10.6 Å². The number of hydrogen-bond acceptors (Lipinski definition) is 5. The second kappa shape index (κ2) is 10.8. The third kappa shape index (κ3) is 6.45. The van der Waals surface area contributed by atoms with Gasteiger partial charge in [-0.1, -0.05) is 31.5 Å². The van der Waals surface area contributed by atoms with Crippen molar-refractivity contribution in [1.82, 2.24) is 5.32 Å². The molecule has 0 spiro atoms. The van der Waals surface area contributed by atoms with E-state index in [9.17, 15) is 18.0 Å². The Morgan fingerprint density at radius 3 is 2.48 bits per heavy atom. The van der Waals surface area contributed by atoms with E-state index in [1.54, 1.807) is 48.5 Å². The van der Waals surface area contributed by atoms with Crippen LogP contribution in [0.2, 0.25) is 0 Å². The lowest BCUT2D eigenvalue weighted by molar-refractivity contribution is -0.116. The number of nitrogens with one attached hydrogen (secondary N) is 2. The molecule has 0 aromatic heterocycles. The number of amides is 2. The fourth-order valence-electron chi connectivity index (χ4n) is 3.06. The van der Waals surface area contributed by atoms with Crippen LogP contribution in [0.15, 0.2) is 48.5 Å². The van der Waals surface area contributed by atoms with Crippen molar-refractivity contribution in [3.63, 3.8) is 0 Å². The first-order chi connectivity index (χ1) is 14.7. The second-order valence-corrected chi connectivity index (χ2v) is 8.94. The summed E-state index contributed by atoms with van der Waals surface area (Å²) in [7, 11) is -2.31. The van der Waals surface area contributed by atoms with Crippen molar-refractivity contribution in [2.45, 2.75) is 32.7 Å². The van der Waals surface area contributed by atoms with Crippen molar-refractivity contribution in [3.8, 4) is 5.75 Å². The molecule has 0 aliphatic carbocycles. The monoisotopic (exact) mass is 447 g/mol. The molecule has 2 aromatic carbocycles. The zero-order valence-corrected chi connectivity index (χ0v) is 19.0. The third-order valence-electron chi connectivity index (χ3n) is 4.64. The molecule has 8 nitrogen and oxygen atoms in total. The van der Waals surface area contributed by atoms with Crippen LogP contribution in [0.1, 0.15) is 37.0 Å². The Kier molecular flexibility index (Phi) is 8.44. The standard InChI is InChI=1S/C22H29N3O5S/c1-5-6-14-23-22(27)19-12-7-8-13-20(19)24-21(26)16(2)25(31(4,28)29)17-10-9-11-18(15-17)30-3/h7-13,15-16H,5-6,14H2,1-4H3,(H,23,27)(H,24,26)/t16-/m0/s1. The van der Waals surface area contributed by atoms with Gasteiger partial charge in [-0.15, -0.1) is 0 Å². The Morgan fingerprint density at radius 2 is 1.84 bits per heavy atom. The van der Waals surface area contributed by atoms with Gasteiger partial charge in [0.25, 0.3) is 5.91 Å². The number of ether oxygens (including phenoxy) is 1. The molecule has 168 valence electrons. The number of unbranched alkanes of at least 4 members (excludes halogenated alkanes) is 1. The van der Waals surface area contributed by atoms with Gasteiger partial charge < -0.3 is 15.4 Å². The number of methoxy groups -OCH3 is 1. The van der Waals surface area contributed by atoms with Crippen LogP contribution in [0.25, 0.3) is 0 Å². The molecule has 2 aromatic rings. The molecule has 0 bridgehead atoms. The van der Waals surface area contributed by atoms with Crippen LogP contribution in [0, 0.1) is 0 Å². The first-order valence-electron chi connectivity index (χ1n) is 10.0. The highest BCUT2D eigenvalue weighted by atomic mass is 32.2. The van der Waals surface area contributed by atoms with Crippen molar-refractivity contribution in [2.24, 2.45) is 0 Å². The van der Waals surface area contributed by atoms with Gasteiger partial charge in [0.1, 0.15) is 11.8 Å². The smallest absolute Gasteiger partial charge is 0.253 e. The molecule has 2 N–H and O–H groups in total. The largest absolute Gasteiger partial charge is 0.497 e. The van der Waals surface area contributed by atoms with Crippen molar-refractivity contribution >= 4 is 33.2 Å². The SMILES string of the molecule is CCCCNC(=O)c1ccccc1NC(=O)[C@H](C)N(c1cccc(OC)c1)S(C)(=O)=O. The van der Waals surface area contributed by atoms with Crippen molar-refractivity contribution in [1.29, 1.82) is 0 Å². The molecule has 0 fully saturated rings. The molecule has 0 aliphatic rings. The number of hydrogen-bond donors (Lipinski definition) is 2. The van der Waals surface area contributed by atoms with Crippen molar-refractivity contribution in [3.05, 3.63) is 54.1 Å². The number of benzene rings is 2. The van der Waals surface area contributed by atoms with Gasteiger partial charge in [0.15, 0.2) is 0 Å². The molecule has 0 unspecified atom stereocenters. The molecule has 0 aliphatic heterocycles. The summed E-state index contributed by atoms with van der Waals surface area (Å²) in [5, 5.41) is 5.51. The highest BCUT2D eigenvalue weighted by molar-refractivity contribution is 7.92. The van der Waals surface area contributed by atoms with Gasteiger partial charge in [-0.3, -0.25) is 13.9 Å². The maximum atomic E-state index is 13.0. The number of nitrogens with zero attached hydrogens (tertiary/aromatic N) is 1. The van der Waals surface area contributed by atoms with Crippen LogP contribution in [-0.4, -0.2) is 46.2 Å². The predicted molar refractivity (Wildman–Crippen MR) is 122 cm³/mol. The van der Waals surface area contributed by atoms with E-state index in [-0.39, 0.29) is 5.91 Å². The van der Waals surface area contributed by atoms with Gasteiger partial charge in [-0.05, 0) is 37.6 Å². The molecule has 0 radical (unpaired) electrons. The van der Waals surface area contributed by atoms with E-state index in [0.29, 0.717) is 29.2 Å². The minimum absolute atomic E-state index is 0.301. The lowest BCUT2D eigenvalue weighted by Gasteiger charge is -2.28. The van der Waals surface area contributed by atoms with Gasteiger partial charge in [-0.2, -0.15) is 0 Å². The number of carbonyl (C=O) groups is 2. The average Bonchev–Trinajstić information content (AvgIpc) is 2.73. The summed E-state index contributed by atoms with van der Waals surface area (Å²) in [5.74, 6) is -0.403. The van der Waals surface area contributed by atoms with E-state index in [1.807, 2.05) is 6.92 Å². The number of sulfonamides is 1. The first-order valence-corrected chi connectivity index (χ1v) is 11.9. The quantitative estimate of drug-likeness (QED) is 0.545. The topological polar surface area (TPSA) is 105 Å². The van der Waals surface area contributed by atoms with E-state index < -0.39 is 22.0 Å². The van der Waals surface area contributed by atoms with E-state index in [0.717, 1.165) is 23.4 Å². The van der Waals surface area contributed by atoms with Crippen LogP contribution in [0.4, 0.5) is 11.4 Å². The fraction of sp³-hybridized carbons (Fsp3) is 0.364. The summed E-state index contributed by atoms with van der Waals surface area (Å²) < 4.78 is 31.2. The molecule has 0 saturated heterocycles. The van der Waals surface area contributed by atoms with Gasteiger partial charge in [-0.25, -0.2) is 8.42 Å². The normalized spacial score (nSPS) is 12.0. The zero-order chi connectivity index (χ0) is 23.0. The molecule has 2 amide bonds. The Morgan fingerprint density at radius 1 is 1.13 bits per heavy atom. The Hall–Kier alpha value is -3.07. The Balaban J connectivity index is 2.28. The number of para-hydroxylation sites is 1. The maximum Gasteiger partial charge on any atom is 0.253 e. The lowest BCUT2D eigenvalue weighted by Crippen LogP contribution is -2.45. The number of rotatable bonds is 10. The molecule has 2 rings (SSSR count). The van der Waals surface area contributed by atoms with Crippen LogP contribution in [0.3, 0.4) is 0 Å². The molecule has 31 heavy (non-hydrogen) atoms. The summed E-state index contributed by atoms with van der Waals surface area (Å²) in [6.45, 7) is 4.04. The van der Waals surface area contributed by atoms with E-state index >= 15 is 0 Å². The van der Waals surface area contributed by atoms with Crippen molar-refractivity contribution in [2.75, 3.05) is 29.5 Å². The van der Waals surface area contributed by atoms with E-state index in [1.165, 1.54) is 14.0 Å². The lowest BCUT2D eigenvalue weighted by atomic mass is 10.1. The van der Waals surface area contributed by atoms with Gasteiger partial charge >= 0.3 is 0 Å². The number of anilines is 2. The van der Waals surface area contributed by atoms with Crippen molar-refractivity contribution < 1.29 is 22.7 Å². The summed E-state index contributed by atoms with van der Waals surface area (Å²) in [6, 6.07) is 12.0. The highest BCUT2D eigenvalue weighted by Crippen LogP contribution is 2.26. The maximum absolute atomic E-state index is 13.0. The fourth-order valence-corrected chi connectivity index (χ4v) is 4.22. The molecular weight excluding hydrogens is 418 g/mol. The van der Waals surface area contributed by atoms with Crippen LogP contribution >= 0.6 is 0 Å². The van der Waals surface area contributed by atoms with Crippen LogP contribution in [-0.2, 0) is 14.8 Å².